The Bertz CT molecular complexity index is 904. The fraction of sp³-hybridized carbons (Fsp3) is 0.350. The minimum Gasteiger partial charge on any atom is -0.493 e. The predicted octanol–water partition coefficient (Wildman–Crippen LogP) is 3.83. The molecular formula is C20H24ClNO4S. The molecule has 0 aromatic heterocycles. The van der Waals surface area contributed by atoms with Crippen LogP contribution in [0.15, 0.2) is 34.0 Å². The van der Waals surface area contributed by atoms with Gasteiger partial charge < -0.3 is 19.9 Å². The van der Waals surface area contributed by atoms with Crippen LogP contribution in [-0.2, 0) is 6.42 Å². The van der Waals surface area contributed by atoms with Gasteiger partial charge in [-0.25, -0.2) is 0 Å². The van der Waals surface area contributed by atoms with E-state index in [1.54, 1.807) is 27.4 Å². The molecule has 1 aliphatic rings. The number of benzene rings is 1. The van der Waals surface area contributed by atoms with Crippen LogP contribution >= 0.6 is 24.2 Å². The number of hydrogen-bond donors (Lipinski definition) is 1. The molecule has 0 fully saturated rings. The first-order chi connectivity index (χ1) is 12.5. The summed E-state index contributed by atoms with van der Waals surface area (Å²) in [5, 5.41) is 0. The molecule has 5 nitrogen and oxygen atoms in total. The summed E-state index contributed by atoms with van der Waals surface area (Å²) < 4.78 is 16.8. The van der Waals surface area contributed by atoms with Gasteiger partial charge in [-0.2, -0.15) is 0 Å². The second kappa shape index (κ2) is 8.87. The van der Waals surface area contributed by atoms with Crippen LogP contribution < -0.4 is 25.4 Å². The summed E-state index contributed by atoms with van der Waals surface area (Å²) in [5.74, 6) is 1.76. The largest absolute Gasteiger partial charge is 0.493 e. The number of hydrogen-bond acceptors (Lipinski definition) is 6. The Morgan fingerprint density at radius 3 is 2.37 bits per heavy atom. The summed E-state index contributed by atoms with van der Waals surface area (Å²) in [7, 11) is 4.80. The maximum absolute atomic E-state index is 12.5. The molecular weight excluding hydrogens is 386 g/mol. The van der Waals surface area contributed by atoms with Gasteiger partial charge in [0.25, 0.3) is 0 Å². The standard InChI is InChI=1S/C20H23NO4S.ClH/c1-23-16-9-11-5-7-14(21)13-10-15(22)17(26-4)8-6-12(13)18(11)20(25-3)19(16)24-2;/h6,8-10,14H,5,7,21H2,1-4H3;1H/t14-;/m0./s1. The van der Waals surface area contributed by atoms with Crippen molar-refractivity contribution in [3.05, 3.63) is 45.6 Å². The van der Waals surface area contributed by atoms with E-state index in [4.69, 9.17) is 19.9 Å². The molecule has 27 heavy (non-hydrogen) atoms. The molecule has 0 radical (unpaired) electrons. The lowest BCUT2D eigenvalue weighted by molar-refractivity contribution is 0.324. The fourth-order valence-corrected chi connectivity index (χ4v) is 3.96. The summed E-state index contributed by atoms with van der Waals surface area (Å²) in [5.41, 5.74) is 10.1. The van der Waals surface area contributed by atoms with Gasteiger partial charge in [0.05, 0.1) is 26.2 Å². The van der Waals surface area contributed by atoms with Gasteiger partial charge in [0.1, 0.15) is 0 Å². The highest BCUT2D eigenvalue weighted by Crippen LogP contribution is 2.49. The zero-order chi connectivity index (χ0) is 18.8. The number of nitrogens with two attached hydrogens (primary N) is 1. The first kappa shape index (κ1) is 21.4. The van der Waals surface area contributed by atoms with Crippen LogP contribution in [0.5, 0.6) is 17.2 Å². The van der Waals surface area contributed by atoms with Gasteiger partial charge in [-0.05, 0) is 54.0 Å². The van der Waals surface area contributed by atoms with Crippen molar-refractivity contribution in [2.45, 2.75) is 23.8 Å². The van der Waals surface area contributed by atoms with Gasteiger partial charge in [0.15, 0.2) is 16.9 Å². The first-order valence-electron chi connectivity index (χ1n) is 8.35. The lowest BCUT2D eigenvalue weighted by Crippen LogP contribution is -2.12. The number of aryl methyl sites for hydroxylation is 1. The van der Waals surface area contributed by atoms with Crippen molar-refractivity contribution in [3.63, 3.8) is 0 Å². The van der Waals surface area contributed by atoms with Crippen LogP contribution in [0.25, 0.3) is 11.1 Å². The number of rotatable bonds is 4. The van der Waals surface area contributed by atoms with E-state index in [1.165, 1.54) is 11.8 Å². The van der Waals surface area contributed by atoms with Gasteiger partial charge in [-0.3, -0.25) is 4.79 Å². The minimum atomic E-state index is -0.228. The number of ether oxygens (including phenoxy) is 3. The molecule has 7 heteroatoms. The third-order valence-electron chi connectivity index (χ3n) is 4.77. The minimum absolute atomic E-state index is 0. The molecule has 2 aromatic rings. The highest BCUT2D eigenvalue weighted by molar-refractivity contribution is 7.98. The maximum Gasteiger partial charge on any atom is 0.203 e. The molecule has 1 aliphatic carbocycles. The Kier molecular flexibility index (Phi) is 7.03. The summed E-state index contributed by atoms with van der Waals surface area (Å²) in [6.07, 6.45) is 3.39. The van der Waals surface area contributed by atoms with Crippen LogP contribution in [0.1, 0.15) is 23.6 Å². The Labute approximate surface area is 169 Å². The number of halogens is 1. The third kappa shape index (κ3) is 3.74. The van der Waals surface area contributed by atoms with Crippen molar-refractivity contribution < 1.29 is 14.2 Å². The second-order valence-electron chi connectivity index (χ2n) is 6.10. The molecule has 2 aromatic carbocycles. The quantitative estimate of drug-likeness (QED) is 0.774. The average Bonchev–Trinajstić information content (AvgIpc) is 2.89. The van der Waals surface area contributed by atoms with Crippen molar-refractivity contribution in [2.75, 3.05) is 27.6 Å². The normalized spacial score (nSPS) is 14.9. The number of thioether (sulfide) groups is 1. The molecule has 2 N–H and O–H groups in total. The molecule has 1 atom stereocenters. The zero-order valence-corrected chi connectivity index (χ0v) is 17.5. The van der Waals surface area contributed by atoms with Gasteiger partial charge in [-0.1, -0.05) is 6.07 Å². The van der Waals surface area contributed by atoms with E-state index in [-0.39, 0.29) is 23.9 Å². The highest BCUT2D eigenvalue weighted by atomic mass is 35.5. The molecule has 0 saturated carbocycles. The van der Waals surface area contributed by atoms with Crippen LogP contribution in [-0.4, -0.2) is 27.6 Å². The first-order valence-corrected chi connectivity index (χ1v) is 9.58. The van der Waals surface area contributed by atoms with Crippen molar-refractivity contribution in [1.29, 1.82) is 0 Å². The Balaban J connectivity index is 0.00000261. The second-order valence-corrected chi connectivity index (χ2v) is 6.95. The van der Waals surface area contributed by atoms with Crippen LogP contribution in [0.3, 0.4) is 0 Å². The third-order valence-corrected chi connectivity index (χ3v) is 5.54. The van der Waals surface area contributed by atoms with Gasteiger partial charge >= 0.3 is 0 Å². The topological polar surface area (TPSA) is 70.8 Å². The van der Waals surface area contributed by atoms with Crippen molar-refractivity contribution in [2.24, 2.45) is 5.73 Å². The molecule has 3 rings (SSSR count). The molecule has 146 valence electrons. The Hall–Kier alpha value is -1.89. The molecule has 0 unspecified atom stereocenters. The van der Waals surface area contributed by atoms with Crippen LogP contribution in [0.2, 0.25) is 0 Å². The maximum atomic E-state index is 12.5. The summed E-state index contributed by atoms with van der Waals surface area (Å²) in [4.78, 5) is 13.2. The predicted molar refractivity (Wildman–Crippen MR) is 112 cm³/mol. The van der Waals surface area contributed by atoms with E-state index in [2.05, 4.69) is 0 Å². The van der Waals surface area contributed by atoms with E-state index in [9.17, 15) is 4.79 Å². The van der Waals surface area contributed by atoms with Crippen LogP contribution in [0.4, 0.5) is 0 Å². The lowest BCUT2D eigenvalue weighted by Gasteiger charge is -2.19. The van der Waals surface area contributed by atoms with E-state index in [1.807, 2.05) is 24.5 Å². The SMILES string of the molecule is COc1cc2c(c(OC)c1OC)-c1ccc(SC)c(=O)cc1[C@@H](N)CC2.Cl. The molecule has 0 bridgehead atoms. The molecule has 0 amide bonds. The van der Waals surface area contributed by atoms with Gasteiger partial charge in [0, 0.05) is 11.6 Å². The van der Waals surface area contributed by atoms with Crippen molar-refractivity contribution >= 4 is 24.2 Å². The fourth-order valence-electron chi connectivity index (χ4n) is 3.50. The van der Waals surface area contributed by atoms with Gasteiger partial charge in [-0.15, -0.1) is 24.2 Å². The molecule has 0 aliphatic heterocycles. The molecule has 0 spiro atoms. The van der Waals surface area contributed by atoms with E-state index in [0.29, 0.717) is 22.1 Å². The average molecular weight is 410 g/mol. The highest BCUT2D eigenvalue weighted by Gasteiger charge is 2.27. The van der Waals surface area contributed by atoms with E-state index < -0.39 is 0 Å². The van der Waals surface area contributed by atoms with Gasteiger partial charge in [0.2, 0.25) is 5.75 Å². The zero-order valence-electron chi connectivity index (χ0n) is 15.8. The number of methoxy groups -OCH3 is 3. The smallest absolute Gasteiger partial charge is 0.203 e. The summed E-state index contributed by atoms with van der Waals surface area (Å²) in [6, 6.07) is 7.22. The van der Waals surface area contributed by atoms with Crippen molar-refractivity contribution in [1.82, 2.24) is 0 Å². The molecule has 0 saturated heterocycles. The van der Waals surface area contributed by atoms with Crippen molar-refractivity contribution in [3.8, 4) is 28.4 Å². The van der Waals surface area contributed by atoms with E-state index in [0.717, 1.165) is 35.1 Å². The summed E-state index contributed by atoms with van der Waals surface area (Å²) >= 11 is 1.43. The number of fused-ring (bicyclic) bond motifs is 3. The lowest BCUT2D eigenvalue weighted by atomic mass is 9.95. The van der Waals surface area contributed by atoms with Crippen LogP contribution in [0, 0.1) is 0 Å². The van der Waals surface area contributed by atoms with E-state index >= 15 is 0 Å². The summed E-state index contributed by atoms with van der Waals surface area (Å²) in [6.45, 7) is 0. The Morgan fingerprint density at radius 1 is 1.07 bits per heavy atom. The molecule has 0 heterocycles. The Morgan fingerprint density at radius 2 is 1.78 bits per heavy atom. The monoisotopic (exact) mass is 409 g/mol.